The number of rotatable bonds is 6. The normalized spacial score (nSPS) is 16.5. The van der Waals surface area contributed by atoms with E-state index in [9.17, 15) is 9.59 Å². The number of aliphatic hydroxyl groups is 1. The van der Waals surface area contributed by atoms with Gasteiger partial charge in [0, 0.05) is 18.7 Å². The van der Waals surface area contributed by atoms with Gasteiger partial charge in [0.1, 0.15) is 6.23 Å². The molecule has 1 radical (unpaired) electrons. The molecular weight excluding hydrogens is 294 g/mol. The van der Waals surface area contributed by atoms with Gasteiger partial charge in [-0.05, 0) is 25.8 Å². The summed E-state index contributed by atoms with van der Waals surface area (Å²) in [5, 5.41) is 12.9. The van der Waals surface area contributed by atoms with Crippen molar-refractivity contribution in [2.24, 2.45) is 0 Å². The largest absolute Gasteiger partial charge is 0.374 e. The van der Waals surface area contributed by atoms with Gasteiger partial charge in [0.25, 0.3) is 5.91 Å². The third-order valence-electron chi connectivity index (χ3n) is 3.71. The van der Waals surface area contributed by atoms with E-state index in [0.717, 1.165) is 11.1 Å². The molecule has 6 heteroatoms. The van der Waals surface area contributed by atoms with Crippen molar-refractivity contribution in [1.82, 2.24) is 15.8 Å². The Morgan fingerprint density at radius 3 is 2.74 bits per heavy atom. The monoisotopic (exact) mass is 316 g/mol. The molecule has 1 aromatic carbocycles. The lowest BCUT2D eigenvalue weighted by Gasteiger charge is -2.30. The molecule has 0 bridgehead atoms. The summed E-state index contributed by atoms with van der Waals surface area (Å²) in [4.78, 5) is 24.3. The lowest BCUT2D eigenvalue weighted by molar-refractivity contribution is -0.133. The fourth-order valence-electron chi connectivity index (χ4n) is 2.43. The van der Waals surface area contributed by atoms with Gasteiger partial charge < -0.3 is 10.4 Å². The number of hydrogen-bond donors (Lipinski definition) is 3. The predicted molar refractivity (Wildman–Crippen MR) is 86.4 cm³/mol. The summed E-state index contributed by atoms with van der Waals surface area (Å²) >= 11 is 0. The van der Waals surface area contributed by atoms with Gasteiger partial charge in [-0.25, -0.2) is 5.43 Å². The quantitative estimate of drug-likeness (QED) is 0.681. The fourth-order valence-corrected chi connectivity index (χ4v) is 2.43. The molecule has 0 saturated carbocycles. The van der Waals surface area contributed by atoms with Crippen molar-refractivity contribution in [3.8, 4) is 0 Å². The van der Waals surface area contributed by atoms with E-state index < -0.39 is 12.1 Å². The van der Waals surface area contributed by atoms with Crippen LogP contribution in [0, 0.1) is 6.92 Å². The summed E-state index contributed by atoms with van der Waals surface area (Å²) in [7, 11) is 0. The second-order valence-corrected chi connectivity index (χ2v) is 5.55. The predicted octanol–water partition coefficient (Wildman–Crippen LogP) is 0.899. The van der Waals surface area contributed by atoms with Gasteiger partial charge in [0.05, 0.1) is 6.42 Å². The van der Waals surface area contributed by atoms with Gasteiger partial charge in [0.15, 0.2) is 0 Å². The molecule has 2 amide bonds. The van der Waals surface area contributed by atoms with E-state index in [4.69, 9.17) is 5.11 Å². The van der Waals surface area contributed by atoms with Crippen molar-refractivity contribution in [2.45, 2.75) is 32.5 Å². The second-order valence-electron chi connectivity index (χ2n) is 5.55. The Balaban J connectivity index is 1.97. The van der Waals surface area contributed by atoms with Crippen molar-refractivity contribution in [1.29, 1.82) is 0 Å². The maximum absolute atomic E-state index is 12.5. The SMILES string of the molecule is [CH2]C(O)NC(=O)CC1=C(C)CCN(NCc2ccccc2)C1=O. The van der Waals surface area contributed by atoms with Gasteiger partial charge in [0.2, 0.25) is 5.91 Å². The first kappa shape index (κ1) is 17.2. The number of nitrogens with one attached hydrogen (secondary N) is 2. The first-order valence-electron chi connectivity index (χ1n) is 7.56. The van der Waals surface area contributed by atoms with Gasteiger partial charge in [-0.2, -0.15) is 0 Å². The van der Waals surface area contributed by atoms with Crippen LogP contribution < -0.4 is 10.7 Å². The van der Waals surface area contributed by atoms with Gasteiger partial charge in [-0.15, -0.1) is 0 Å². The van der Waals surface area contributed by atoms with Gasteiger partial charge in [-0.1, -0.05) is 35.9 Å². The van der Waals surface area contributed by atoms with Crippen LogP contribution in [0.5, 0.6) is 0 Å². The minimum atomic E-state index is -1.17. The van der Waals surface area contributed by atoms with Gasteiger partial charge >= 0.3 is 0 Å². The highest BCUT2D eigenvalue weighted by Gasteiger charge is 2.26. The Labute approximate surface area is 136 Å². The maximum atomic E-state index is 12.5. The number of carbonyl (C=O) groups is 2. The third-order valence-corrected chi connectivity index (χ3v) is 3.71. The van der Waals surface area contributed by atoms with Crippen LogP contribution in [0.2, 0.25) is 0 Å². The second kappa shape index (κ2) is 7.89. The molecule has 0 fully saturated rings. The van der Waals surface area contributed by atoms with Crippen molar-refractivity contribution in [3.63, 3.8) is 0 Å². The van der Waals surface area contributed by atoms with Crippen molar-refractivity contribution in [2.75, 3.05) is 6.54 Å². The molecular formula is C17H22N3O3. The highest BCUT2D eigenvalue weighted by Crippen LogP contribution is 2.20. The molecule has 3 N–H and O–H groups in total. The third kappa shape index (κ3) is 4.91. The number of amides is 2. The van der Waals surface area contributed by atoms with E-state index in [0.29, 0.717) is 25.1 Å². The first-order chi connectivity index (χ1) is 11.0. The van der Waals surface area contributed by atoms with Crippen LogP contribution in [0.25, 0.3) is 0 Å². The fraction of sp³-hybridized carbons (Fsp3) is 0.353. The molecule has 0 aliphatic carbocycles. The number of carbonyl (C=O) groups excluding carboxylic acids is 2. The van der Waals surface area contributed by atoms with Crippen LogP contribution >= 0.6 is 0 Å². The van der Waals surface area contributed by atoms with Crippen LogP contribution in [0.1, 0.15) is 25.3 Å². The number of nitrogens with zero attached hydrogens (tertiary/aromatic N) is 1. The summed E-state index contributed by atoms with van der Waals surface area (Å²) in [6, 6.07) is 9.78. The number of aliphatic hydroxyl groups excluding tert-OH is 1. The highest BCUT2D eigenvalue weighted by molar-refractivity contribution is 5.99. The molecule has 1 atom stereocenters. The summed E-state index contributed by atoms with van der Waals surface area (Å²) in [6.45, 7) is 6.26. The topological polar surface area (TPSA) is 81.7 Å². The van der Waals surface area contributed by atoms with Crippen molar-refractivity contribution in [3.05, 3.63) is 54.0 Å². The molecule has 1 heterocycles. The molecule has 2 rings (SSSR count). The minimum Gasteiger partial charge on any atom is -0.374 e. The Morgan fingerprint density at radius 1 is 1.39 bits per heavy atom. The van der Waals surface area contributed by atoms with Crippen LogP contribution in [-0.4, -0.2) is 34.7 Å². The molecule has 1 aliphatic heterocycles. The smallest absolute Gasteiger partial charge is 0.264 e. The average Bonchev–Trinajstić information content (AvgIpc) is 2.51. The molecule has 23 heavy (non-hydrogen) atoms. The molecule has 0 spiro atoms. The number of hydrazine groups is 1. The van der Waals surface area contributed by atoms with E-state index in [1.165, 1.54) is 0 Å². The lowest BCUT2D eigenvalue weighted by atomic mass is 9.98. The van der Waals surface area contributed by atoms with Crippen molar-refractivity contribution < 1.29 is 14.7 Å². The molecule has 0 aromatic heterocycles. The summed E-state index contributed by atoms with van der Waals surface area (Å²) < 4.78 is 0. The van der Waals surface area contributed by atoms with E-state index in [2.05, 4.69) is 17.7 Å². The van der Waals surface area contributed by atoms with E-state index in [1.807, 2.05) is 37.3 Å². The summed E-state index contributed by atoms with van der Waals surface area (Å²) in [6.07, 6.45) is -0.515. The first-order valence-corrected chi connectivity index (χ1v) is 7.56. The van der Waals surface area contributed by atoms with E-state index >= 15 is 0 Å². The highest BCUT2D eigenvalue weighted by atomic mass is 16.3. The molecule has 6 nitrogen and oxygen atoms in total. The van der Waals surface area contributed by atoms with E-state index in [-0.39, 0.29) is 12.3 Å². The summed E-state index contributed by atoms with van der Waals surface area (Å²) in [5.41, 5.74) is 5.56. The molecule has 1 unspecified atom stereocenters. The number of hydrogen-bond acceptors (Lipinski definition) is 4. The lowest BCUT2D eigenvalue weighted by Crippen LogP contribution is -2.47. The minimum absolute atomic E-state index is 0.0548. The van der Waals surface area contributed by atoms with Gasteiger partial charge in [-0.3, -0.25) is 14.6 Å². The standard InChI is InChI=1S/C17H22N3O3/c1-12-8-9-20(18-11-14-6-4-3-5-7-14)17(23)15(12)10-16(22)19-13(2)21/h3-7,13,18,21H,2,8-11H2,1H3,(H,19,22). The Morgan fingerprint density at radius 2 is 2.09 bits per heavy atom. The van der Waals surface area contributed by atoms with Crippen LogP contribution in [0.15, 0.2) is 41.5 Å². The Kier molecular flexibility index (Phi) is 5.90. The number of benzene rings is 1. The molecule has 123 valence electrons. The van der Waals surface area contributed by atoms with Crippen LogP contribution in [0.3, 0.4) is 0 Å². The molecule has 1 aliphatic rings. The zero-order valence-corrected chi connectivity index (χ0v) is 13.2. The molecule has 0 saturated heterocycles. The van der Waals surface area contributed by atoms with Crippen LogP contribution in [-0.2, 0) is 16.1 Å². The zero-order chi connectivity index (χ0) is 16.8. The molecule has 1 aromatic rings. The van der Waals surface area contributed by atoms with Crippen LogP contribution in [0.4, 0.5) is 0 Å². The van der Waals surface area contributed by atoms with E-state index in [1.54, 1.807) is 5.01 Å². The van der Waals surface area contributed by atoms with Crippen molar-refractivity contribution >= 4 is 11.8 Å². The Bertz CT molecular complexity index is 596. The zero-order valence-electron chi connectivity index (χ0n) is 13.2. The summed E-state index contributed by atoms with van der Waals surface area (Å²) in [5.74, 6) is -0.613. The Hall–Kier alpha value is -2.18. The average molecular weight is 316 g/mol. The maximum Gasteiger partial charge on any atom is 0.264 e.